The Kier molecular flexibility index (Phi) is 5.65. The van der Waals surface area contributed by atoms with Crippen LogP contribution < -0.4 is 0 Å². The average molecular weight is 408 g/mol. The minimum Gasteiger partial charge on any atom is -0.444 e. The molecular weight excluding hydrogens is 387 g/mol. The first-order valence-electron chi connectivity index (χ1n) is 8.35. The number of halogens is 5. The summed E-state index contributed by atoms with van der Waals surface area (Å²) in [5.41, 5.74) is -1.32. The number of rotatable bonds is 5. The van der Waals surface area contributed by atoms with Gasteiger partial charge in [-0.15, -0.1) is 0 Å². The van der Waals surface area contributed by atoms with Gasteiger partial charge in [-0.2, -0.15) is 30.4 Å². The third-order valence-electron chi connectivity index (χ3n) is 5.47. The first kappa shape index (κ1) is 21.3. The van der Waals surface area contributed by atoms with Crippen LogP contribution in [0.25, 0.3) is 0 Å². The van der Waals surface area contributed by atoms with Gasteiger partial charge >= 0.3 is 27.5 Å². The van der Waals surface area contributed by atoms with Crippen LogP contribution in [-0.2, 0) is 19.6 Å². The summed E-state index contributed by atoms with van der Waals surface area (Å²) in [5, 5.41) is -5.69. The number of hydrogen-bond donors (Lipinski definition) is 1. The Bertz CT molecular complexity index is 647. The minimum atomic E-state index is -6.43. The first-order valence-corrected chi connectivity index (χ1v) is 9.79. The maximum absolute atomic E-state index is 13.6. The van der Waals surface area contributed by atoms with Gasteiger partial charge in [0.25, 0.3) is 6.10 Å². The van der Waals surface area contributed by atoms with Crippen molar-refractivity contribution in [2.75, 3.05) is 0 Å². The van der Waals surface area contributed by atoms with E-state index in [-0.39, 0.29) is 31.1 Å². The number of ether oxygens (including phenoxy) is 1. The average Bonchev–Trinajstić information content (AvgIpc) is 2.49. The van der Waals surface area contributed by atoms with Crippen molar-refractivity contribution < 1.29 is 44.5 Å². The van der Waals surface area contributed by atoms with Gasteiger partial charge in [0, 0.05) is 0 Å². The lowest BCUT2D eigenvalue weighted by molar-refractivity contribution is -0.264. The van der Waals surface area contributed by atoms with Crippen molar-refractivity contribution >= 4 is 16.1 Å². The molecule has 0 aromatic rings. The van der Waals surface area contributed by atoms with Crippen molar-refractivity contribution in [2.24, 2.45) is 17.3 Å². The lowest BCUT2D eigenvalue weighted by Crippen LogP contribution is -2.54. The Balaban J connectivity index is 2.32. The second-order valence-corrected chi connectivity index (χ2v) is 8.82. The molecule has 0 spiro atoms. The molecule has 0 aromatic carbocycles. The molecule has 2 rings (SSSR count). The second kappa shape index (κ2) is 6.88. The lowest BCUT2D eigenvalue weighted by Gasteiger charge is -2.47. The quantitative estimate of drug-likeness (QED) is 0.423. The molecule has 0 heterocycles. The normalized spacial score (nSPS) is 31.3. The van der Waals surface area contributed by atoms with Gasteiger partial charge in [0.05, 0.1) is 5.41 Å². The smallest absolute Gasteiger partial charge is 0.432 e. The van der Waals surface area contributed by atoms with Gasteiger partial charge in [0.2, 0.25) is 0 Å². The van der Waals surface area contributed by atoms with E-state index < -0.39 is 39.0 Å². The summed E-state index contributed by atoms with van der Waals surface area (Å²) < 4.78 is 100. The number of alkyl halides is 5. The predicted molar refractivity (Wildman–Crippen MR) is 79.8 cm³/mol. The number of esters is 1. The molecule has 4 atom stereocenters. The highest BCUT2D eigenvalue weighted by Gasteiger charge is 2.67. The molecule has 152 valence electrons. The van der Waals surface area contributed by atoms with Crippen LogP contribution in [0.3, 0.4) is 0 Å². The van der Waals surface area contributed by atoms with Gasteiger partial charge in [-0.3, -0.25) is 9.35 Å². The maximum Gasteiger partial charge on any atom is 0.432 e. The molecule has 2 aliphatic carbocycles. The molecule has 5 nitrogen and oxygen atoms in total. The molecule has 11 heteroatoms. The number of carbonyl (C=O) groups excluding carboxylic acids is 1. The van der Waals surface area contributed by atoms with Crippen LogP contribution in [0.1, 0.15) is 51.9 Å². The zero-order chi connectivity index (χ0) is 20.0. The Morgan fingerprint density at radius 1 is 1.27 bits per heavy atom. The summed E-state index contributed by atoms with van der Waals surface area (Å²) in [6, 6.07) is 0. The fraction of sp³-hybridized carbons (Fsp3) is 0.933. The summed E-state index contributed by atoms with van der Waals surface area (Å²) >= 11 is 0. The zero-order valence-electron chi connectivity index (χ0n) is 14.1. The van der Waals surface area contributed by atoms with Gasteiger partial charge < -0.3 is 4.74 Å². The van der Waals surface area contributed by atoms with E-state index >= 15 is 0 Å². The van der Waals surface area contributed by atoms with E-state index in [1.807, 2.05) is 6.92 Å². The number of fused-ring (bicyclic) bond motifs is 2. The predicted octanol–water partition coefficient (Wildman–Crippen LogP) is 3.94. The van der Waals surface area contributed by atoms with Gasteiger partial charge in [-0.25, -0.2) is 0 Å². The van der Waals surface area contributed by atoms with Gasteiger partial charge in [0.15, 0.2) is 0 Å². The Morgan fingerprint density at radius 2 is 1.88 bits per heavy atom. The SMILES string of the molecule is CCC1CC2CCCC(C(=O)OC(C(F)(F)F)C(F)(F)S(=O)(=O)O)(C1)C2. The molecule has 0 aliphatic heterocycles. The lowest BCUT2D eigenvalue weighted by atomic mass is 9.58. The Hall–Kier alpha value is -0.970. The highest BCUT2D eigenvalue weighted by molar-refractivity contribution is 7.86. The summed E-state index contributed by atoms with van der Waals surface area (Å²) in [5.74, 6) is -1.31. The van der Waals surface area contributed by atoms with Gasteiger partial charge in [-0.1, -0.05) is 26.2 Å². The molecule has 1 N–H and O–H groups in total. The van der Waals surface area contributed by atoms with Crippen molar-refractivity contribution in [3.05, 3.63) is 0 Å². The van der Waals surface area contributed by atoms with Crippen LogP contribution in [-0.4, -0.2) is 36.5 Å². The topological polar surface area (TPSA) is 80.7 Å². The second-order valence-electron chi connectivity index (χ2n) is 7.32. The Labute approximate surface area is 148 Å². The third kappa shape index (κ3) is 3.97. The van der Waals surface area contributed by atoms with Crippen LogP contribution in [0, 0.1) is 17.3 Å². The van der Waals surface area contributed by atoms with Crippen molar-refractivity contribution in [1.82, 2.24) is 0 Å². The van der Waals surface area contributed by atoms with E-state index in [0.29, 0.717) is 12.8 Å². The van der Waals surface area contributed by atoms with Gasteiger partial charge in [0.1, 0.15) is 0 Å². The summed E-state index contributed by atoms with van der Waals surface area (Å²) in [6.45, 7) is 1.87. The van der Waals surface area contributed by atoms with Crippen molar-refractivity contribution in [3.8, 4) is 0 Å². The summed E-state index contributed by atoms with van der Waals surface area (Å²) in [4.78, 5) is 12.5. The van der Waals surface area contributed by atoms with Crippen LogP contribution in [0.15, 0.2) is 0 Å². The maximum atomic E-state index is 13.6. The molecule has 2 aliphatic rings. The highest BCUT2D eigenvalue weighted by Crippen LogP contribution is 2.53. The molecule has 26 heavy (non-hydrogen) atoms. The minimum absolute atomic E-state index is 0.0630. The molecule has 0 amide bonds. The molecular formula is C15H21F5O5S. The van der Waals surface area contributed by atoms with Crippen molar-refractivity contribution in [2.45, 2.75) is 69.4 Å². The summed E-state index contributed by atoms with van der Waals surface area (Å²) in [6.07, 6.45) is -6.58. The highest BCUT2D eigenvalue weighted by atomic mass is 32.2. The molecule has 0 saturated heterocycles. The van der Waals surface area contributed by atoms with Crippen LogP contribution in [0.2, 0.25) is 0 Å². The molecule has 2 saturated carbocycles. The largest absolute Gasteiger partial charge is 0.444 e. The van der Waals surface area contributed by atoms with E-state index in [0.717, 1.165) is 12.8 Å². The van der Waals surface area contributed by atoms with E-state index in [1.54, 1.807) is 0 Å². The number of carbonyl (C=O) groups is 1. The summed E-state index contributed by atoms with van der Waals surface area (Å²) in [7, 11) is -6.43. The van der Waals surface area contributed by atoms with Crippen LogP contribution >= 0.6 is 0 Å². The zero-order valence-corrected chi connectivity index (χ0v) is 14.9. The molecule has 0 aromatic heterocycles. The number of hydrogen-bond acceptors (Lipinski definition) is 4. The third-order valence-corrected chi connectivity index (χ3v) is 6.38. The Morgan fingerprint density at radius 3 is 2.38 bits per heavy atom. The van der Waals surface area contributed by atoms with E-state index in [4.69, 9.17) is 4.55 Å². The standard InChI is InChI=1S/C15H21F5O5S/c1-2-9-6-10-4-3-5-13(7-9,8-10)12(21)25-11(14(16,17)18)15(19,20)26(22,23)24/h9-11H,2-8H2,1H3,(H,22,23,24). The van der Waals surface area contributed by atoms with E-state index in [2.05, 4.69) is 4.74 Å². The molecule has 2 fully saturated rings. The van der Waals surface area contributed by atoms with Crippen molar-refractivity contribution in [1.29, 1.82) is 0 Å². The van der Waals surface area contributed by atoms with Gasteiger partial charge in [-0.05, 0) is 37.5 Å². The van der Waals surface area contributed by atoms with Crippen LogP contribution in [0.5, 0.6) is 0 Å². The fourth-order valence-electron chi connectivity index (χ4n) is 4.25. The molecule has 4 unspecified atom stereocenters. The van der Waals surface area contributed by atoms with E-state index in [9.17, 15) is 35.2 Å². The van der Waals surface area contributed by atoms with E-state index in [1.165, 1.54) is 0 Å². The van der Waals surface area contributed by atoms with Crippen LogP contribution in [0.4, 0.5) is 22.0 Å². The fourth-order valence-corrected chi connectivity index (χ4v) is 4.70. The monoisotopic (exact) mass is 408 g/mol. The molecule has 2 bridgehead atoms. The van der Waals surface area contributed by atoms with Crippen molar-refractivity contribution in [3.63, 3.8) is 0 Å². The molecule has 0 radical (unpaired) electrons. The first-order chi connectivity index (χ1) is 11.7.